The number of hydrogen-bond donors (Lipinski definition) is 2. The Hall–Kier alpha value is -2.51. The minimum Gasteiger partial charge on any atom is -0.491 e. The van der Waals surface area contributed by atoms with Gasteiger partial charge in [-0.1, -0.05) is 0 Å². The fourth-order valence-corrected chi connectivity index (χ4v) is 1.74. The van der Waals surface area contributed by atoms with Crippen LogP contribution in [0, 0.1) is 5.82 Å². The third-order valence-electron chi connectivity index (χ3n) is 2.87. The molecule has 1 aromatic heterocycles. The molecule has 0 aliphatic rings. The van der Waals surface area contributed by atoms with Crippen LogP contribution in [-0.2, 0) is 5.67 Å². The number of rotatable bonds is 6. The Balaban J connectivity index is 1.98. The van der Waals surface area contributed by atoms with Crippen LogP contribution in [0.15, 0.2) is 24.3 Å². The minimum absolute atomic E-state index is 0.0425. The van der Waals surface area contributed by atoms with Crippen LogP contribution in [0.4, 0.5) is 20.7 Å². The number of hydrogen-bond acceptors (Lipinski definition) is 6. The number of nitrogen functional groups attached to an aromatic ring is 1. The molecule has 3 N–H and O–H groups in total. The van der Waals surface area contributed by atoms with Crippen LogP contribution in [0.2, 0.25) is 0 Å². The van der Waals surface area contributed by atoms with Crippen molar-refractivity contribution < 1.29 is 13.5 Å². The maximum Gasteiger partial charge on any atom is 0.228 e. The smallest absolute Gasteiger partial charge is 0.228 e. The summed E-state index contributed by atoms with van der Waals surface area (Å²) in [6, 6.07) is 5.52. The van der Waals surface area contributed by atoms with E-state index in [0.29, 0.717) is 5.75 Å². The number of anilines is 2. The summed E-state index contributed by atoms with van der Waals surface area (Å²) >= 11 is 0. The summed E-state index contributed by atoms with van der Waals surface area (Å²) in [6.07, 6.45) is 0. The van der Waals surface area contributed by atoms with E-state index in [2.05, 4.69) is 20.3 Å². The Morgan fingerprint density at radius 3 is 2.48 bits per heavy atom. The van der Waals surface area contributed by atoms with E-state index in [1.165, 1.54) is 38.1 Å². The average molecular weight is 323 g/mol. The molecule has 1 unspecified atom stereocenters. The first-order chi connectivity index (χ1) is 10.7. The minimum atomic E-state index is -1.72. The molecule has 2 rings (SSSR count). The van der Waals surface area contributed by atoms with Gasteiger partial charge in [-0.3, -0.25) is 0 Å². The van der Waals surface area contributed by atoms with E-state index in [-0.39, 0.29) is 36.2 Å². The third kappa shape index (κ3) is 5.01. The molecule has 1 aromatic carbocycles. The Kier molecular flexibility index (Phi) is 4.92. The number of aromatic nitrogens is 3. The number of nitrogens with two attached hydrogens (primary N) is 1. The summed E-state index contributed by atoms with van der Waals surface area (Å²) in [5.74, 6) is 0.286. The zero-order valence-electron chi connectivity index (χ0n) is 13.2. The number of halogens is 2. The average Bonchev–Trinajstić information content (AvgIpc) is 2.45. The number of ether oxygens (including phenoxy) is 1. The van der Waals surface area contributed by atoms with Gasteiger partial charge in [0.05, 0.1) is 6.04 Å². The number of nitrogens with one attached hydrogen (secondary N) is 1. The van der Waals surface area contributed by atoms with Gasteiger partial charge in [-0.2, -0.15) is 15.0 Å². The fraction of sp³-hybridized carbons (Fsp3) is 0.400. The van der Waals surface area contributed by atoms with Crippen LogP contribution in [0.25, 0.3) is 0 Å². The summed E-state index contributed by atoms with van der Waals surface area (Å²) in [5.41, 5.74) is 3.85. The molecule has 124 valence electrons. The summed E-state index contributed by atoms with van der Waals surface area (Å²) in [6.45, 7) is 4.80. The molecule has 8 heteroatoms. The largest absolute Gasteiger partial charge is 0.491 e. The van der Waals surface area contributed by atoms with Crippen molar-refractivity contribution in [2.24, 2.45) is 0 Å². The number of alkyl halides is 1. The first kappa shape index (κ1) is 16.9. The van der Waals surface area contributed by atoms with E-state index in [0.717, 1.165) is 0 Å². The molecule has 0 saturated heterocycles. The molecule has 6 nitrogen and oxygen atoms in total. The summed E-state index contributed by atoms with van der Waals surface area (Å²) in [4.78, 5) is 11.7. The summed E-state index contributed by atoms with van der Waals surface area (Å²) < 4.78 is 32.3. The second-order valence-electron chi connectivity index (χ2n) is 5.62. The molecule has 0 saturated carbocycles. The van der Waals surface area contributed by atoms with Crippen molar-refractivity contribution in [1.29, 1.82) is 0 Å². The highest BCUT2D eigenvalue weighted by Crippen LogP contribution is 2.22. The van der Waals surface area contributed by atoms with E-state index in [1.807, 2.05) is 6.92 Å². The van der Waals surface area contributed by atoms with Gasteiger partial charge in [0.2, 0.25) is 11.9 Å². The van der Waals surface area contributed by atoms with Crippen LogP contribution < -0.4 is 15.8 Å². The zero-order chi connectivity index (χ0) is 17.0. The highest BCUT2D eigenvalue weighted by molar-refractivity contribution is 5.33. The lowest BCUT2D eigenvalue weighted by atomic mass is 10.1. The quantitative estimate of drug-likeness (QED) is 0.850. The van der Waals surface area contributed by atoms with Crippen LogP contribution in [0.1, 0.15) is 26.6 Å². The van der Waals surface area contributed by atoms with E-state index in [4.69, 9.17) is 10.5 Å². The molecule has 1 atom stereocenters. The van der Waals surface area contributed by atoms with Gasteiger partial charge < -0.3 is 15.8 Å². The molecule has 0 amide bonds. The van der Waals surface area contributed by atoms with E-state index < -0.39 is 5.67 Å². The Labute approximate surface area is 133 Å². The van der Waals surface area contributed by atoms with E-state index in [1.54, 1.807) is 0 Å². The molecular formula is C15H19F2N5O. The lowest BCUT2D eigenvalue weighted by Crippen LogP contribution is -2.26. The lowest BCUT2D eigenvalue weighted by Gasteiger charge is -2.17. The van der Waals surface area contributed by atoms with Crippen molar-refractivity contribution in [3.8, 4) is 5.75 Å². The van der Waals surface area contributed by atoms with Gasteiger partial charge in [0.25, 0.3) is 0 Å². The van der Waals surface area contributed by atoms with Gasteiger partial charge in [0, 0.05) is 0 Å². The molecule has 1 heterocycles. The van der Waals surface area contributed by atoms with Crippen molar-refractivity contribution in [3.63, 3.8) is 0 Å². The number of nitrogens with zero attached hydrogens (tertiary/aromatic N) is 3. The maximum atomic E-state index is 13.9. The summed E-state index contributed by atoms with van der Waals surface area (Å²) in [7, 11) is 0. The van der Waals surface area contributed by atoms with Gasteiger partial charge in [-0.25, -0.2) is 8.78 Å². The Bertz CT molecular complexity index is 658. The van der Waals surface area contributed by atoms with Gasteiger partial charge in [-0.15, -0.1) is 0 Å². The highest BCUT2D eigenvalue weighted by atomic mass is 19.1. The van der Waals surface area contributed by atoms with Crippen molar-refractivity contribution in [3.05, 3.63) is 35.9 Å². The molecule has 0 spiro atoms. The fourth-order valence-electron chi connectivity index (χ4n) is 1.74. The third-order valence-corrected chi connectivity index (χ3v) is 2.87. The lowest BCUT2D eigenvalue weighted by molar-refractivity contribution is 0.206. The highest BCUT2D eigenvalue weighted by Gasteiger charge is 2.24. The van der Waals surface area contributed by atoms with Crippen LogP contribution >= 0.6 is 0 Å². The van der Waals surface area contributed by atoms with Crippen LogP contribution in [0.5, 0.6) is 5.75 Å². The maximum absolute atomic E-state index is 13.9. The van der Waals surface area contributed by atoms with Crippen molar-refractivity contribution in [1.82, 2.24) is 15.0 Å². The monoisotopic (exact) mass is 323 g/mol. The molecular weight excluding hydrogens is 304 g/mol. The second-order valence-corrected chi connectivity index (χ2v) is 5.62. The van der Waals surface area contributed by atoms with Gasteiger partial charge >= 0.3 is 0 Å². The predicted molar refractivity (Wildman–Crippen MR) is 83.4 cm³/mol. The second kappa shape index (κ2) is 6.72. The molecule has 23 heavy (non-hydrogen) atoms. The van der Waals surface area contributed by atoms with Gasteiger partial charge in [0.1, 0.15) is 18.2 Å². The topological polar surface area (TPSA) is 86.0 Å². The van der Waals surface area contributed by atoms with Gasteiger partial charge in [0.15, 0.2) is 11.5 Å². The first-order valence-electron chi connectivity index (χ1n) is 7.10. The van der Waals surface area contributed by atoms with E-state index in [9.17, 15) is 8.78 Å². The normalized spacial score (nSPS) is 12.7. The van der Waals surface area contributed by atoms with Gasteiger partial charge in [-0.05, 0) is 45.0 Å². The predicted octanol–water partition coefficient (Wildman–Crippen LogP) is 2.68. The van der Waals surface area contributed by atoms with Crippen LogP contribution in [0.3, 0.4) is 0 Å². The molecule has 0 bridgehead atoms. The van der Waals surface area contributed by atoms with Crippen molar-refractivity contribution in [2.45, 2.75) is 32.5 Å². The standard InChI is InChI=1S/C15H19F2N5O/c1-9(8-23-11-6-4-10(16)5-7-11)19-14-21-12(15(2,3)17)20-13(18)22-14/h4-7,9H,8H2,1-3H3,(H3,18,19,20,21,22). The van der Waals surface area contributed by atoms with E-state index >= 15 is 0 Å². The molecule has 0 aliphatic carbocycles. The van der Waals surface area contributed by atoms with Crippen LogP contribution in [-0.4, -0.2) is 27.6 Å². The molecule has 0 fully saturated rings. The van der Waals surface area contributed by atoms with Crippen molar-refractivity contribution in [2.75, 3.05) is 17.7 Å². The SMILES string of the molecule is CC(COc1ccc(F)cc1)Nc1nc(N)nc(C(C)(C)F)n1. The van der Waals surface area contributed by atoms with Crippen molar-refractivity contribution >= 4 is 11.9 Å². The molecule has 2 aromatic rings. The molecule has 0 aliphatic heterocycles. The molecule has 0 radical (unpaired) electrons. The first-order valence-corrected chi connectivity index (χ1v) is 7.10. The number of benzene rings is 1. The Morgan fingerprint density at radius 2 is 1.87 bits per heavy atom. The zero-order valence-corrected chi connectivity index (χ0v) is 13.2. The summed E-state index contributed by atoms with van der Waals surface area (Å²) in [5, 5.41) is 2.97. The Morgan fingerprint density at radius 1 is 1.22 bits per heavy atom.